The maximum atomic E-state index is 11.2. The van der Waals surface area contributed by atoms with Crippen molar-refractivity contribution in [2.24, 2.45) is 0 Å². The van der Waals surface area contributed by atoms with Gasteiger partial charge in [-0.3, -0.25) is 4.79 Å². The molecule has 0 aliphatic heterocycles. The highest BCUT2D eigenvalue weighted by molar-refractivity contribution is 9.10. The average Bonchev–Trinajstić information content (AvgIpc) is 2.17. The van der Waals surface area contributed by atoms with Crippen molar-refractivity contribution in [3.63, 3.8) is 0 Å². The number of hydrogen-bond donors (Lipinski definition) is 0. The van der Waals surface area contributed by atoms with E-state index in [2.05, 4.69) is 15.9 Å². The summed E-state index contributed by atoms with van der Waals surface area (Å²) >= 11 is 4.94. The molecule has 1 rings (SSSR count). The first-order valence-electron chi connectivity index (χ1n) is 4.12. The molecule has 76 valence electrons. The summed E-state index contributed by atoms with van der Waals surface area (Å²) in [5.74, 6) is 0.560. The summed E-state index contributed by atoms with van der Waals surface area (Å²) in [6.45, 7) is 0.192. The summed E-state index contributed by atoms with van der Waals surface area (Å²) < 4.78 is 5.77. The van der Waals surface area contributed by atoms with Crippen molar-refractivity contribution in [2.45, 2.75) is 4.90 Å². The topological polar surface area (TPSA) is 26.3 Å². The molecular weight excluding hydrogens is 264 g/mol. The molecule has 1 aromatic rings. The number of methoxy groups -OCH3 is 1. The lowest BCUT2D eigenvalue weighted by atomic mass is 10.4. The van der Waals surface area contributed by atoms with Gasteiger partial charge in [-0.05, 0) is 28.1 Å². The molecule has 0 radical (unpaired) electrons. The van der Waals surface area contributed by atoms with Crippen molar-refractivity contribution < 1.29 is 9.53 Å². The van der Waals surface area contributed by atoms with Crippen LogP contribution in [0.4, 0.5) is 0 Å². The number of ether oxygens (including phenoxy) is 1. The summed E-state index contributed by atoms with van der Waals surface area (Å²) in [5.41, 5.74) is 0. The van der Waals surface area contributed by atoms with Crippen molar-refractivity contribution in [2.75, 3.05) is 19.5 Å². The highest BCUT2D eigenvalue weighted by atomic mass is 79.9. The highest BCUT2D eigenvalue weighted by Crippen LogP contribution is 2.26. The van der Waals surface area contributed by atoms with Crippen LogP contribution in [-0.2, 0) is 9.53 Å². The number of hydrogen-bond acceptors (Lipinski definition) is 3. The van der Waals surface area contributed by atoms with Crippen LogP contribution in [0.2, 0.25) is 0 Å². The van der Waals surface area contributed by atoms with Gasteiger partial charge in [0, 0.05) is 16.5 Å². The lowest BCUT2D eigenvalue weighted by Crippen LogP contribution is -2.08. The van der Waals surface area contributed by atoms with E-state index in [1.165, 1.54) is 18.9 Å². The molecule has 0 unspecified atom stereocenters. The molecule has 0 saturated heterocycles. The van der Waals surface area contributed by atoms with Gasteiger partial charge in [0.05, 0.1) is 5.75 Å². The smallest absolute Gasteiger partial charge is 0.168 e. The summed E-state index contributed by atoms with van der Waals surface area (Å²) in [6, 6.07) is 7.84. The Balaban J connectivity index is 2.46. The molecule has 0 heterocycles. The second-order valence-corrected chi connectivity index (χ2v) is 4.56. The Morgan fingerprint density at radius 3 is 2.86 bits per heavy atom. The zero-order valence-corrected chi connectivity index (χ0v) is 10.2. The van der Waals surface area contributed by atoms with E-state index in [0.717, 1.165) is 9.37 Å². The molecule has 0 saturated carbocycles. The molecule has 0 aliphatic carbocycles. The number of ketones is 1. The minimum Gasteiger partial charge on any atom is -0.377 e. The first-order valence-corrected chi connectivity index (χ1v) is 5.90. The van der Waals surface area contributed by atoms with E-state index in [9.17, 15) is 4.79 Å². The molecule has 0 aliphatic rings. The van der Waals surface area contributed by atoms with Crippen LogP contribution in [0, 0.1) is 0 Å². The summed E-state index contributed by atoms with van der Waals surface area (Å²) in [5, 5.41) is 0. The Hall–Kier alpha value is -0.320. The average molecular weight is 275 g/mol. The van der Waals surface area contributed by atoms with Gasteiger partial charge in [0.1, 0.15) is 6.61 Å². The minimum atomic E-state index is 0.105. The van der Waals surface area contributed by atoms with Gasteiger partial charge in [-0.1, -0.05) is 12.1 Å². The van der Waals surface area contributed by atoms with Gasteiger partial charge < -0.3 is 4.74 Å². The number of carbonyl (C=O) groups excluding carboxylic acids is 1. The number of thioether (sulfide) groups is 1. The summed E-state index contributed by atoms with van der Waals surface area (Å²) in [6.07, 6.45) is 0. The highest BCUT2D eigenvalue weighted by Gasteiger charge is 2.04. The fourth-order valence-electron chi connectivity index (χ4n) is 0.923. The van der Waals surface area contributed by atoms with Crippen molar-refractivity contribution in [3.05, 3.63) is 28.7 Å². The van der Waals surface area contributed by atoms with E-state index in [1.807, 2.05) is 24.3 Å². The van der Waals surface area contributed by atoms with Gasteiger partial charge in [-0.25, -0.2) is 0 Å². The molecule has 0 atom stereocenters. The standard InChI is InChI=1S/C10H11BrO2S/c1-13-6-8(12)7-14-10-5-3-2-4-9(10)11/h2-5H,6-7H2,1H3. The largest absolute Gasteiger partial charge is 0.377 e. The van der Waals surface area contributed by atoms with E-state index in [4.69, 9.17) is 4.74 Å². The molecule has 0 fully saturated rings. The van der Waals surface area contributed by atoms with E-state index in [1.54, 1.807) is 0 Å². The Morgan fingerprint density at radius 2 is 2.21 bits per heavy atom. The SMILES string of the molecule is COCC(=O)CSc1ccccc1Br. The first-order chi connectivity index (χ1) is 6.74. The third kappa shape index (κ3) is 3.82. The Labute approximate surface area is 96.2 Å². The molecule has 0 N–H and O–H groups in total. The molecule has 0 amide bonds. The van der Waals surface area contributed by atoms with Crippen LogP contribution in [0.15, 0.2) is 33.6 Å². The molecule has 0 spiro atoms. The zero-order chi connectivity index (χ0) is 10.4. The second kappa shape index (κ2) is 6.22. The normalized spacial score (nSPS) is 10.1. The minimum absolute atomic E-state index is 0.105. The molecule has 0 bridgehead atoms. The fourth-order valence-corrected chi connectivity index (χ4v) is 2.33. The van der Waals surface area contributed by atoms with Crippen LogP contribution in [0.1, 0.15) is 0 Å². The number of benzene rings is 1. The van der Waals surface area contributed by atoms with Gasteiger partial charge in [0.2, 0.25) is 0 Å². The van der Waals surface area contributed by atoms with Gasteiger partial charge in [0.15, 0.2) is 5.78 Å². The van der Waals surface area contributed by atoms with Crippen molar-refractivity contribution >= 4 is 33.5 Å². The van der Waals surface area contributed by atoms with E-state index in [0.29, 0.717) is 5.75 Å². The molecule has 1 aromatic carbocycles. The van der Waals surface area contributed by atoms with E-state index in [-0.39, 0.29) is 12.4 Å². The fraction of sp³-hybridized carbons (Fsp3) is 0.300. The Morgan fingerprint density at radius 1 is 1.50 bits per heavy atom. The van der Waals surface area contributed by atoms with Crippen LogP contribution < -0.4 is 0 Å². The lowest BCUT2D eigenvalue weighted by Gasteiger charge is -2.02. The van der Waals surface area contributed by atoms with Crippen LogP contribution in [-0.4, -0.2) is 25.3 Å². The predicted molar refractivity (Wildman–Crippen MR) is 61.7 cm³/mol. The van der Waals surface area contributed by atoms with Gasteiger partial charge in [-0.2, -0.15) is 0 Å². The molecular formula is C10H11BrO2S. The predicted octanol–water partition coefficient (Wildman–Crippen LogP) is 2.76. The molecule has 14 heavy (non-hydrogen) atoms. The van der Waals surface area contributed by atoms with Crippen LogP contribution in [0.25, 0.3) is 0 Å². The monoisotopic (exact) mass is 274 g/mol. The Kier molecular flexibility index (Phi) is 5.22. The van der Waals surface area contributed by atoms with Crippen molar-refractivity contribution in [1.82, 2.24) is 0 Å². The maximum Gasteiger partial charge on any atom is 0.168 e. The van der Waals surface area contributed by atoms with Crippen molar-refractivity contribution in [3.8, 4) is 0 Å². The van der Waals surface area contributed by atoms with Crippen LogP contribution in [0.5, 0.6) is 0 Å². The number of Topliss-reactive ketones (excluding diaryl/α,β-unsaturated/α-hetero) is 1. The third-order valence-corrected chi connectivity index (χ3v) is 3.62. The second-order valence-electron chi connectivity index (χ2n) is 2.69. The summed E-state index contributed by atoms with van der Waals surface area (Å²) in [4.78, 5) is 12.2. The van der Waals surface area contributed by atoms with Crippen LogP contribution >= 0.6 is 27.7 Å². The van der Waals surface area contributed by atoms with E-state index >= 15 is 0 Å². The molecule has 4 heteroatoms. The summed E-state index contributed by atoms with van der Waals surface area (Å²) in [7, 11) is 1.53. The van der Waals surface area contributed by atoms with Crippen molar-refractivity contribution in [1.29, 1.82) is 0 Å². The van der Waals surface area contributed by atoms with E-state index < -0.39 is 0 Å². The van der Waals surface area contributed by atoms with Crippen LogP contribution in [0.3, 0.4) is 0 Å². The van der Waals surface area contributed by atoms with Gasteiger partial charge in [-0.15, -0.1) is 11.8 Å². The molecule has 2 nitrogen and oxygen atoms in total. The van der Waals surface area contributed by atoms with Gasteiger partial charge >= 0.3 is 0 Å². The lowest BCUT2D eigenvalue weighted by molar-refractivity contribution is -0.120. The zero-order valence-electron chi connectivity index (χ0n) is 7.83. The number of halogens is 1. The third-order valence-electron chi connectivity index (χ3n) is 1.53. The van der Waals surface area contributed by atoms with Gasteiger partial charge in [0.25, 0.3) is 0 Å². The Bertz CT molecular complexity index is 315. The molecule has 0 aromatic heterocycles. The number of rotatable bonds is 5. The number of carbonyl (C=O) groups is 1. The first kappa shape index (κ1) is 11.8. The maximum absolute atomic E-state index is 11.2. The quantitative estimate of drug-likeness (QED) is 0.773.